The number of nitrogens with one attached hydrogen (secondary N) is 2. The zero-order valence-electron chi connectivity index (χ0n) is 10.9. The molecule has 1 aromatic heterocycles. The smallest absolute Gasteiger partial charge is 0.339 e. The fourth-order valence-electron chi connectivity index (χ4n) is 1.83. The van der Waals surface area contributed by atoms with Crippen molar-refractivity contribution in [2.75, 3.05) is 5.32 Å². The Bertz CT molecular complexity index is 424. The van der Waals surface area contributed by atoms with Crippen LogP contribution in [0.4, 0.5) is 5.69 Å². The molecule has 0 saturated heterocycles. The Labute approximate surface area is 107 Å². The molecule has 0 atom stereocenters. The van der Waals surface area contributed by atoms with E-state index in [1.807, 2.05) is 0 Å². The van der Waals surface area contributed by atoms with Crippen molar-refractivity contribution in [2.24, 2.45) is 0 Å². The van der Waals surface area contributed by atoms with E-state index in [2.05, 4.69) is 17.2 Å². The first-order valence-electron chi connectivity index (χ1n) is 6.27. The molecule has 1 amide bonds. The van der Waals surface area contributed by atoms with Gasteiger partial charge in [0.2, 0.25) is 5.91 Å². The maximum Gasteiger partial charge on any atom is 0.339 e. The number of anilines is 1. The molecule has 0 bridgehead atoms. The molecule has 0 aliphatic rings. The molecule has 5 heteroatoms. The normalized spacial score (nSPS) is 10.3. The van der Waals surface area contributed by atoms with Crippen molar-refractivity contribution < 1.29 is 14.7 Å². The molecular formula is C13H20N2O3. The second-order valence-corrected chi connectivity index (χ2v) is 4.37. The summed E-state index contributed by atoms with van der Waals surface area (Å²) in [6.07, 6.45) is 6.07. The number of aromatic amines is 1. The lowest BCUT2D eigenvalue weighted by Crippen LogP contribution is -2.13. The third kappa shape index (κ3) is 3.91. The van der Waals surface area contributed by atoms with Gasteiger partial charge in [0.05, 0.1) is 5.69 Å². The predicted octanol–water partition coefficient (Wildman–Crippen LogP) is 2.93. The number of unbranched alkanes of at least 4 members (excludes halogenated alkanes) is 3. The van der Waals surface area contributed by atoms with E-state index in [-0.39, 0.29) is 11.5 Å². The minimum absolute atomic E-state index is 0.132. The second-order valence-electron chi connectivity index (χ2n) is 4.37. The monoisotopic (exact) mass is 252 g/mol. The number of amides is 1. The predicted molar refractivity (Wildman–Crippen MR) is 69.9 cm³/mol. The topological polar surface area (TPSA) is 82.2 Å². The summed E-state index contributed by atoms with van der Waals surface area (Å²) in [6.45, 7) is 3.78. The minimum atomic E-state index is -1.03. The van der Waals surface area contributed by atoms with Crippen LogP contribution in [-0.2, 0) is 4.79 Å². The molecule has 0 aliphatic heterocycles. The van der Waals surface area contributed by atoms with Crippen molar-refractivity contribution in [2.45, 2.75) is 46.0 Å². The van der Waals surface area contributed by atoms with Crippen LogP contribution in [-0.4, -0.2) is 22.0 Å². The number of aromatic carboxylic acids is 1. The van der Waals surface area contributed by atoms with Crippen LogP contribution in [0.1, 0.15) is 55.1 Å². The number of carboxylic acids is 1. The van der Waals surface area contributed by atoms with E-state index in [0.29, 0.717) is 17.8 Å². The lowest BCUT2D eigenvalue weighted by Gasteiger charge is -2.04. The molecule has 0 radical (unpaired) electrons. The minimum Gasteiger partial charge on any atom is -0.478 e. The van der Waals surface area contributed by atoms with Gasteiger partial charge in [0.25, 0.3) is 0 Å². The van der Waals surface area contributed by atoms with Crippen LogP contribution in [0.3, 0.4) is 0 Å². The van der Waals surface area contributed by atoms with E-state index in [1.54, 1.807) is 6.92 Å². The Morgan fingerprint density at radius 1 is 1.33 bits per heavy atom. The summed E-state index contributed by atoms with van der Waals surface area (Å²) < 4.78 is 0. The van der Waals surface area contributed by atoms with Gasteiger partial charge in [-0.1, -0.05) is 26.2 Å². The molecule has 0 aliphatic carbocycles. The molecule has 5 nitrogen and oxygen atoms in total. The summed E-state index contributed by atoms with van der Waals surface area (Å²) in [5, 5.41) is 11.7. The average Bonchev–Trinajstić information content (AvgIpc) is 2.66. The largest absolute Gasteiger partial charge is 0.478 e. The van der Waals surface area contributed by atoms with Gasteiger partial charge in [-0.05, 0) is 13.3 Å². The van der Waals surface area contributed by atoms with Crippen molar-refractivity contribution in [3.8, 4) is 0 Å². The Morgan fingerprint density at radius 2 is 2.06 bits per heavy atom. The molecule has 0 spiro atoms. The highest BCUT2D eigenvalue weighted by Crippen LogP contribution is 2.19. The summed E-state index contributed by atoms with van der Waals surface area (Å²) in [7, 11) is 0. The van der Waals surface area contributed by atoms with Gasteiger partial charge in [0, 0.05) is 18.3 Å². The number of hydrogen-bond donors (Lipinski definition) is 3. The van der Waals surface area contributed by atoms with Crippen molar-refractivity contribution in [1.29, 1.82) is 0 Å². The highest BCUT2D eigenvalue weighted by atomic mass is 16.4. The molecule has 1 rings (SSSR count). The fourth-order valence-corrected chi connectivity index (χ4v) is 1.83. The number of aromatic nitrogens is 1. The molecule has 100 valence electrons. The maximum absolute atomic E-state index is 11.6. The zero-order chi connectivity index (χ0) is 13.5. The van der Waals surface area contributed by atoms with Crippen LogP contribution < -0.4 is 5.32 Å². The summed E-state index contributed by atoms with van der Waals surface area (Å²) in [5.74, 6) is -1.16. The van der Waals surface area contributed by atoms with Crippen LogP contribution >= 0.6 is 0 Å². The van der Waals surface area contributed by atoms with E-state index in [9.17, 15) is 9.59 Å². The number of aryl methyl sites for hydroxylation is 1. The lowest BCUT2D eigenvalue weighted by atomic mass is 10.1. The van der Waals surface area contributed by atoms with Crippen LogP contribution in [0.15, 0.2) is 6.20 Å². The number of carboxylic acid groups (broad SMARTS) is 1. The van der Waals surface area contributed by atoms with Gasteiger partial charge in [-0.3, -0.25) is 4.79 Å². The molecule has 1 aromatic rings. The Balaban J connectivity index is 2.52. The summed E-state index contributed by atoms with van der Waals surface area (Å²) >= 11 is 0. The molecule has 0 unspecified atom stereocenters. The van der Waals surface area contributed by atoms with Crippen molar-refractivity contribution in [1.82, 2.24) is 4.98 Å². The van der Waals surface area contributed by atoms with Crippen molar-refractivity contribution in [3.05, 3.63) is 17.5 Å². The molecule has 0 aromatic carbocycles. The number of H-pyrrole nitrogens is 1. The maximum atomic E-state index is 11.6. The average molecular weight is 252 g/mol. The summed E-state index contributed by atoms with van der Waals surface area (Å²) in [5.41, 5.74) is 1.03. The van der Waals surface area contributed by atoms with Gasteiger partial charge in [-0.25, -0.2) is 4.79 Å². The molecule has 0 fully saturated rings. The second kappa shape index (κ2) is 6.83. The molecule has 18 heavy (non-hydrogen) atoms. The van der Waals surface area contributed by atoms with Crippen LogP contribution in [0.25, 0.3) is 0 Å². The van der Waals surface area contributed by atoms with Crippen LogP contribution in [0.5, 0.6) is 0 Å². The summed E-state index contributed by atoms with van der Waals surface area (Å²) in [6, 6.07) is 0. The Morgan fingerprint density at radius 3 is 2.67 bits per heavy atom. The first-order chi connectivity index (χ1) is 8.56. The van der Waals surface area contributed by atoms with Crippen LogP contribution in [0, 0.1) is 6.92 Å². The molecule has 1 heterocycles. The van der Waals surface area contributed by atoms with Gasteiger partial charge in [-0.2, -0.15) is 0 Å². The Kier molecular flexibility index (Phi) is 5.42. The van der Waals surface area contributed by atoms with Gasteiger partial charge in [0.1, 0.15) is 5.56 Å². The number of hydrogen-bond acceptors (Lipinski definition) is 2. The third-order valence-corrected chi connectivity index (χ3v) is 2.82. The molecular weight excluding hydrogens is 232 g/mol. The number of carbonyl (C=O) groups is 2. The Hall–Kier alpha value is -1.78. The summed E-state index contributed by atoms with van der Waals surface area (Å²) in [4.78, 5) is 25.5. The van der Waals surface area contributed by atoms with E-state index in [1.165, 1.54) is 6.20 Å². The first kappa shape index (κ1) is 14.3. The SMILES string of the molecule is CCCCCCC(=O)Nc1c[nH]c(C)c1C(=O)O. The van der Waals surface area contributed by atoms with Gasteiger partial charge in [-0.15, -0.1) is 0 Å². The van der Waals surface area contributed by atoms with Crippen LogP contribution in [0.2, 0.25) is 0 Å². The van der Waals surface area contributed by atoms with E-state index in [4.69, 9.17) is 5.11 Å². The van der Waals surface area contributed by atoms with E-state index >= 15 is 0 Å². The van der Waals surface area contributed by atoms with Crippen molar-refractivity contribution in [3.63, 3.8) is 0 Å². The lowest BCUT2D eigenvalue weighted by molar-refractivity contribution is -0.116. The highest BCUT2D eigenvalue weighted by molar-refractivity contribution is 6.01. The molecule has 3 N–H and O–H groups in total. The fraction of sp³-hybridized carbons (Fsp3) is 0.538. The standard InChI is InChI=1S/C13H20N2O3/c1-3-4-5-6-7-11(16)15-10-8-14-9(2)12(10)13(17)18/h8,14H,3-7H2,1-2H3,(H,15,16)(H,17,18). The first-order valence-corrected chi connectivity index (χ1v) is 6.27. The van der Waals surface area contributed by atoms with Gasteiger partial charge in [0.15, 0.2) is 0 Å². The van der Waals surface area contributed by atoms with Gasteiger partial charge < -0.3 is 15.4 Å². The quantitative estimate of drug-likeness (QED) is 0.652. The van der Waals surface area contributed by atoms with E-state index in [0.717, 1.165) is 25.7 Å². The molecule has 0 saturated carbocycles. The van der Waals surface area contributed by atoms with Gasteiger partial charge >= 0.3 is 5.97 Å². The third-order valence-electron chi connectivity index (χ3n) is 2.82. The highest BCUT2D eigenvalue weighted by Gasteiger charge is 2.16. The zero-order valence-corrected chi connectivity index (χ0v) is 10.9. The van der Waals surface area contributed by atoms with E-state index < -0.39 is 5.97 Å². The number of carbonyl (C=O) groups excluding carboxylic acids is 1. The van der Waals surface area contributed by atoms with Crippen molar-refractivity contribution >= 4 is 17.6 Å². The number of rotatable bonds is 7.